The van der Waals surface area contributed by atoms with E-state index in [1.165, 1.54) is 6.26 Å². The van der Waals surface area contributed by atoms with Crippen LogP contribution in [0, 0.1) is 0 Å². The second kappa shape index (κ2) is 7.53. The van der Waals surface area contributed by atoms with Crippen molar-refractivity contribution >= 4 is 23.7 Å². The Morgan fingerprint density at radius 3 is 2.67 bits per heavy atom. The minimum Gasteiger partial charge on any atom is -0.459 e. The highest BCUT2D eigenvalue weighted by Crippen LogP contribution is 2.21. The van der Waals surface area contributed by atoms with E-state index in [9.17, 15) is 4.79 Å². The molecule has 0 unspecified atom stereocenters. The Morgan fingerprint density at radius 2 is 1.85 bits per heavy atom. The number of nitrogens with one attached hydrogen (secondary N) is 1. The van der Waals surface area contributed by atoms with Gasteiger partial charge in [-0.05, 0) is 35.9 Å². The summed E-state index contributed by atoms with van der Waals surface area (Å²) in [6.45, 7) is 0. The van der Waals surface area contributed by atoms with Crippen LogP contribution in [0.25, 0.3) is 23.5 Å². The third kappa shape index (κ3) is 4.01. The van der Waals surface area contributed by atoms with E-state index in [1.54, 1.807) is 30.3 Å². The van der Waals surface area contributed by atoms with Gasteiger partial charge in [0.2, 0.25) is 5.82 Å². The van der Waals surface area contributed by atoms with E-state index >= 15 is 0 Å². The molecule has 1 amide bonds. The van der Waals surface area contributed by atoms with Crippen LogP contribution in [0.2, 0.25) is 0 Å². The zero-order chi connectivity index (χ0) is 18.5. The average Bonchev–Trinajstić information content (AvgIpc) is 3.40. The molecule has 0 aliphatic heterocycles. The predicted octanol–water partition coefficient (Wildman–Crippen LogP) is 4.75. The number of carbonyl (C=O) groups excluding carboxylic acids is 1. The molecule has 6 heteroatoms. The van der Waals surface area contributed by atoms with Crippen LogP contribution in [0.1, 0.15) is 22.0 Å². The number of hydrogen-bond acceptors (Lipinski definition) is 5. The van der Waals surface area contributed by atoms with Gasteiger partial charge in [-0.3, -0.25) is 4.79 Å². The van der Waals surface area contributed by atoms with Crippen molar-refractivity contribution in [1.29, 1.82) is 0 Å². The lowest BCUT2D eigenvalue weighted by Gasteiger charge is -2.04. The topological polar surface area (TPSA) is 81.2 Å². The van der Waals surface area contributed by atoms with Gasteiger partial charge in [0, 0.05) is 17.3 Å². The van der Waals surface area contributed by atoms with Crippen molar-refractivity contribution in [3.63, 3.8) is 0 Å². The van der Waals surface area contributed by atoms with Gasteiger partial charge < -0.3 is 14.3 Å². The Labute approximate surface area is 155 Å². The van der Waals surface area contributed by atoms with Crippen LogP contribution >= 0.6 is 0 Å². The van der Waals surface area contributed by atoms with Gasteiger partial charge >= 0.3 is 0 Å². The highest BCUT2D eigenvalue weighted by molar-refractivity contribution is 6.02. The molecule has 0 radical (unpaired) electrons. The van der Waals surface area contributed by atoms with Crippen molar-refractivity contribution in [2.24, 2.45) is 0 Å². The molecule has 0 aliphatic rings. The van der Waals surface area contributed by atoms with Crippen molar-refractivity contribution in [1.82, 2.24) is 10.1 Å². The summed E-state index contributed by atoms with van der Waals surface area (Å²) in [5.41, 5.74) is 2.38. The number of nitrogens with zero attached hydrogens (tertiary/aromatic N) is 2. The Bertz CT molecular complexity index is 1070. The third-order valence-corrected chi connectivity index (χ3v) is 3.78. The maximum absolute atomic E-state index is 12.1. The first kappa shape index (κ1) is 16.5. The first-order valence-corrected chi connectivity index (χ1v) is 8.30. The molecule has 0 atom stereocenters. The number of aromatic nitrogens is 2. The summed E-state index contributed by atoms with van der Waals surface area (Å²) in [6, 6.07) is 20.3. The molecular formula is C21H15N3O3. The number of rotatable bonds is 5. The largest absolute Gasteiger partial charge is 0.459 e. The molecule has 6 nitrogen and oxygen atoms in total. The van der Waals surface area contributed by atoms with Crippen molar-refractivity contribution in [3.05, 3.63) is 90.2 Å². The normalized spacial score (nSPS) is 11.0. The second-order valence-corrected chi connectivity index (χ2v) is 5.71. The Morgan fingerprint density at radius 1 is 0.963 bits per heavy atom. The molecule has 0 bridgehead atoms. The van der Waals surface area contributed by atoms with Crippen LogP contribution in [-0.4, -0.2) is 16.0 Å². The molecule has 1 N–H and O–H groups in total. The minimum atomic E-state index is -0.322. The van der Waals surface area contributed by atoms with Gasteiger partial charge in [-0.1, -0.05) is 47.6 Å². The van der Waals surface area contributed by atoms with E-state index < -0.39 is 0 Å². The molecule has 132 valence electrons. The standard InChI is InChI=1S/C21H15N3O3/c25-21(18-10-5-13-26-18)22-17-9-4-8-16(14-17)20-23-19(27-24-20)12-11-15-6-2-1-3-7-15/h1-14H,(H,22,25). The third-order valence-electron chi connectivity index (χ3n) is 3.78. The molecule has 0 saturated carbocycles. The Hall–Kier alpha value is -3.93. The van der Waals surface area contributed by atoms with E-state index in [4.69, 9.17) is 8.94 Å². The lowest BCUT2D eigenvalue weighted by Crippen LogP contribution is -2.10. The number of benzene rings is 2. The van der Waals surface area contributed by atoms with E-state index in [0.29, 0.717) is 17.4 Å². The highest BCUT2D eigenvalue weighted by Gasteiger charge is 2.11. The van der Waals surface area contributed by atoms with Gasteiger partial charge in [-0.25, -0.2) is 0 Å². The SMILES string of the molecule is O=C(Nc1cccc(-c2noc(C=Cc3ccccc3)n2)c1)c1ccco1. The highest BCUT2D eigenvalue weighted by atomic mass is 16.5. The molecule has 0 spiro atoms. The number of amides is 1. The summed E-state index contributed by atoms with van der Waals surface area (Å²) in [5.74, 6) is 0.765. The van der Waals surface area contributed by atoms with Crippen molar-refractivity contribution in [3.8, 4) is 11.4 Å². The molecule has 4 rings (SSSR count). The zero-order valence-electron chi connectivity index (χ0n) is 14.2. The quantitative estimate of drug-likeness (QED) is 0.557. The van der Waals surface area contributed by atoms with E-state index in [0.717, 1.165) is 11.1 Å². The van der Waals surface area contributed by atoms with Gasteiger partial charge in [0.15, 0.2) is 5.76 Å². The zero-order valence-corrected chi connectivity index (χ0v) is 14.2. The van der Waals surface area contributed by atoms with Crippen LogP contribution in [0.15, 0.2) is 81.9 Å². The molecular weight excluding hydrogens is 342 g/mol. The van der Waals surface area contributed by atoms with Crippen molar-refractivity contribution in [2.45, 2.75) is 0 Å². The van der Waals surface area contributed by atoms with Crippen LogP contribution in [0.5, 0.6) is 0 Å². The Balaban J connectivity index is 1.50. The number of anilines is 1. The first-order valence-electron chi connectivity index (χ1n) is 8.30. The summed E-state index contributed by atoms with van der Waals surface area (Å²) < 4.78 is 10.4. The number of hydrogen-bond donors (Lipinski definition) is 1. The fourth-order valence-electron chi connectivity index (χ4n) is 2.49. The number of carbonyl (C=O) groups is 1. The molecule has 27 heavy (non-hydrogen) atoms. The maximum Gasteiger partial charge on any atom is 0.291 e. The fourth-order valence-corrected chi connectivity index (χ4v) is 2.49. The van der Waals surface area contributed by atoms with Crippen LogP contribution in [-0.2, 0) is 0 Å². The van der Waals surface area contributed by atoms with Gasteiger partial charge in [-0.15, -0.1) is 0 Å². The second-order valence-electron chi connectivity index (χ2n) is 5.71. The van der Waals surface area contributed by atoms with Crippen molar-refractivity contribution < 1.29 is 13.7 Å². The smallest absolute Gasteiger partial charge is 0.291 e. The molecule has 0 fully saturated rings. The molecule has 2 heterocycles. The molecule has 0 aliphatic carbocycles. The first-order chi connectivity index (χ1) is 13.3. The monoisotopic (exact) mass is 357 g/mol. The molecule has 0 saturated heterocycles. The van der Waals surface area contributed by atoms with Crippen molar-refractivity contribution in [2.75, 3.05) is 5.32 Å². The van der Waals surface area contributed by atoms with Crippen LogP contribution < -0.4 is 5.32 Å². The van der Waals surface area contributed by atoms with Gasteiger partial charge in [0.25, 0.3) is 11.8 Å². The fraction of sp³-hybridized carbons (Fsp3) is 0. The summed E-state index contributed by atoms with van der Waals surface area (Å²) in [4.78, 5) is 16.5. The summed E-state index contributed by atoms with van der Waals surface area (Å²) in [5, 5.41) is 6.78. The van der Waals surface area contributed by atoms with E-state index in [1.807, 2.05) is 48.5 Å². The molecule has 4 aromatic rings. The predicted molar refractivity (Wildman–Crippen MR) is 102 cm³/mol. The van der Waals surface area contributed by atoms with E-state index in [2.05, 4.69) is 15.5 Å². The van der Waals surface area contributed by atoms with Crippen LogP contribution in [0.3, 0.4) is 0 Å². The van der Waals surface area contributed by atoms with Gasteiger partial charge in [-0.2, -0.15) is 4.98 Å². The summed E-state index contributed by atoms with van der Waals surface area (Å²) in [7, 11) is 0. The average molecular weight is 357 g/mol. The lowest BCUT2D eigenvalue weighted by atomic mass is 10.2. The van der Waals surface area contributed by atoms with Gasteiger partial charge in [0.05, 0.1) is 6.26 Å². The molecule has 2 aromatic heterocycles. The minimum absolute atomic E-state index is 0.244. The number of furan rings is 1. The lowest BCUT2D eigenvalue weighted by molar-refractivity contribution is 0.0996. The maximum atomic E-state index is 12.1. The Kier molecular flexibility index (Phi) is 4.61. The summed E-state index contributed by atoms with van der Waals surface area (Å²) in [6.07, 6.45) is 5.11. The van der Waals surface area contributed by atoms with Crippen LogP contribution in [0.4, 0.5) is 5.69 Å². The van der Waals surface area contributed by atoms with E-state index in [-0.39, 0.29) is 11.7 Å². The summed E-state index contributed by atoms with van der Waals surface area (Å²) >= 11 is 0. The van der Waals surface area contributed by atoms with Gasteiger partial charge in [0.1, 0.15) is 0 Å². The molecule has 2 aromatic carbocycles.